The highest BCUT2D eigenvalue weighted by molar-refractivity contribution is 5.53. The highest BCUT2D eigenvalue weighted by atomic mass is 16.3. The summed E-state index contributed by atoms with van der Waals surface area (Å²) in [5, 5.41) is 10.1. The van der Waals surface area contributed by atoms with E-state index in [4.69, 9.17) is 5.73 Å². The molecule has 2 heterocycles. The molecule has 0 amide bonds. The lowest BCUT2D eigenvalue weighted by Crippen LogP contribution is -2.46. The van der Waals surface area contributed by atoms with Gasteiger partial charge in [0.25, 0.3) is 0 Å². The topological polar surface area (TPSA) is 62.4 Å². The van der Waals surface area contributed by atoms with E-state index in [1.807, 2.05) is 19.9 Å². The molecule has 2 rings (SSSR count). The molecular weight excluding hydrogens is 202 g/mol. The maximum absolute atomic E-state index is 10.1. The van der Waals surface area contributed by atoms with Crippen LogP contribution in [0.15, 0.2) is 12.3 Å². The van der Waals surface area contributed by atoms with Crippen molar-refractivity contribution < 1.29 is 5.11 Å². The lowest BCUT2D eigenvalue weighted by Gasteiger charge is -2.38. The molecule has 1 aromatic rings. The highest BCUT2D eigenvalue weighted by Gasteiger charge is 2.29. The van der Waals surface area contributed by atoms with Crippen LogP contribution in [0.25, 0.3) is 0 Å². The maximum Gasteiger partial charge on any atom is 0.131 e. The first-order chi connectivity index (χ1) is 7.48. The zero-order valence-electron chi connectivity index (χ0n) is 9.90. The van der Waals surface area contributed by atoms with Gasteiger partial charge in [0.2, 0.25) is 0 Å². The number of rotatable bonds is 1. The van der Waals surface area contributed by atoms with E-state index >= 15 is 0 Å². The number of aliphatic hydroxyl groups is 1. The third-order valence-electron chi connectivity index (χ3n) is 3.05. The number of aromatic nitrogens is 1. The van der Waals surface area contributed by atoms with Crippen molar-refractivity contribution in [3.63, 3.8) is 0 Å². The summed E-state index contributed by atoms with van der Waals surface area (Å²) in [4.78, 5) is 6.49. The molecule has 1 fully saturated rings. The number of pyridine rings is 1. The number of hydrogen-bond donors (Lipinski definition) is 2. The molecule has 0 aromatic carbocycles. The molecule has 1 saturated heterocycles. The summed E-state index contributed by atoms with van der Waals surface area (Å²) in [6.45, 7) is 5.48. The molecule has 4 nitrogen and oxygen atoms in total. The van der Waals surface area contributed by atoms with E-state index in [-0.39, 0.29) is 0 Å². The predicted molar refractivity (Wildman–Crippen MR) is 65.5 cm³/mol. The smallest absolute Gasteiger partial charge is 0.131 e. The first-order valence-electron chi connectivity index (χ1n) is 5.67. The van der Waals surface area contributed by atoms with Crippen molar-refractivity contribution in [1.29, 1.82) is 0 Å². The summed E-state index contributed by atoms with van der Waals surface area (Å²) in [5.41, 5.74) is 6.83. The molecule has 0 bridgehead atoms. The van der Waals surface area contributed by atoms with Gasteiger partial charge in [-0.15, -0.1) is 0 Å². The lowest BCUT2D eigenvalue weighted by atomic mass is 9.95. The maximum atomic E-state index is 10.1. The largest absolute Gasteiger partial charge is 0.397 e. The van der Waals surface area contributed by atoms with Gasteiger partial charge in [-0.05, 0) is 38.3 Å². The Labute approximate surface area is 96.1 Å². The number of nitrogens with two attached hydrogens (primary N) is 1. The molecule has 16 heavy (non-hydrogen) atoms. The standard InChI is InChI=1S/C12H19N3O/c1-9-6-10(13)7-14-11(9)15-5-3-4-12(2,16)8-15/h6-7,16H,3-5,8,13H2,1-2H3. The summed E-state index contributed by atoms with van der Waals surface area (Å²) in [6.07, 6.45) is 3.53. The summed E-state index contributed by atoms with van der Waals surface area (Å²) < 4.78 is 0. The molecule has 0 radical (unpaired) electrons. The summed E-state index contributed by atoms with van der Waals surface area (Å²) in [5.74, 6) is 0.939. The van der Waals surface area contributed by atoms with Gasteiger partial charge >= 0.3 is 0 Å². The van der Waals surface area contributed by atoms with Gasteiger partial charge in [-0.25, -0.2) is 4.98 Å². The number of β-amino-alcohol motifs (C(OH)–C–C–N with tert-alkyl or cyclic N) is 1. The van der Waals surface area contributed by atoms with E-state index in [0.29, 0.717) is 12.2 Å². The number of hydrogen-bond acceptors (Lipinski definition) is 4. The van der Waals surface area contributed by atoms with Gasteiger partial charge in [-0.2, -0.15) is 0 Å². The SMILES string of the molecule is Cc1cc(N)cnc1N1CCCC(C)(O)C1. The number of aryl methyl sites for hydroxylation is 1. The van der Waals surface area contributed by atoms with Crippen LogP contribution in [-0.2, 0) is 0 Å². The van der Waals surface area contributed by atoms with Gasteiger partial charge < -0.3 is 15.7 Å². The fourth-order valence-electron chi connectivity index (χ4n) is 2.32. The van der Waals surface area contributed by atoms with Crippen molar-refractivity contribution in [3.05, 3.63) is 17.8 Å². The zero-order valence-corrected chi connectivity index (χ0v) is 9.90. The number of piperidine rings is 1. The van der Waals surface area contributed by atoms with Gasteiger partial charge in [-0.3, -0.25) is 0 Å². The van der Waals surface area contributed by atoms with Crippen LogP contribution >= 0.6 is 0 Å². The molecule has 88 valence electrons. The van der Waals surface area contributed by atoms with Crippen LogP contribution in [-0.4, -0.2) is 28.8 Å². The molecular formula is C12H19N3O. The Hall–Kier alpha value is -1.29. The molecule has 1 aliphatic heterocycles. The average molecular weight is 221 g/mol. The second kappa shape index (κ2) is 3.94. The van der Waals surface area contributed by atoms with Crippen LogP contribution < -0.4 is 10.6 Å². The Balaban J connectivity index is 2.23. The zero-order chi connectivity index (χ0) is 11.8. The van der Waals surface area contributed by atoms with Crippen LogP contribution in [0, 0.1) is 6.92 Å². The minimum absolute atomic E-state index is 0.603. The summed E-state index contributed by atoms with van der Waals surface area (Å²) >= 11 is 0. The van der Waals surface area contributed by atoms with Gasteiger partial charge in [0.05, 0.1) is 17.5 Å². The van der Waals surface area contributed by atoms with Crippen molar-refractivity contribution in [2.75, 3.05) is 23.7 Å². The van der Waals surface area contributed by atoms with Gasteiger partial charge in [0.1, 0.15) is 5.82 Å². The monoisotopic (exact) mass is 221 g/mol. The van der Waals surface area contributed by atoms with E-state index in [9.17, 15) is 5.11 Å². The molecule has 0 spiro atoms. The molecule has 1 aliphatic rings. The Morgan fingerprint density at radius 1 is 1.56 bits per heavy atom. The highest BCUT2D eigenvalue weighted by Crippen LogP contribution is 2.26. The average Bonchev–Trinajstić information content (AvgIpc) is 2.15. The van der Waals surface area contributed by atoms with E-state index in [2.05, 4.69) is 9.88 Å². The molecule has 1 aromatic heterocycles. The minimum atomic E-state index is -0.603. The first kappa shape index (κ1) is 11.2. The van der Waals surface area contributed by atoms with Crippen LogP contribution in [0.5, 0.6) is 0 Å². The molecule has 0 saturated carbocycles. The van der Waals surface area contributed by atoms with Crippen molar-refractivity contribution >= 4 is 11.5 Å². The van der Waals surface area contributed by atoms with E-state index in [1.54, 1.807) is 6.20 Å². The van der Waals surface area contributed by atoms with Gasteiger partial charge in [0.15, 0.2) is 0 Å². The second-order valence-electron chi connectivity index (χ2n) is 4.93. The third kappa shape index (κ3) is 2.27. The van der Waals surface area contributed by atoms with Crippen LogP contribution in [0.4, 0.5) is 11.5 Å². The Kier molecular flexibility index (Phi) is 2.76. The normalized spacial score (nSPS) is 25.8. The van der Waals surface area contributed by atoms with Crippen molar-refractivity contribution in [1.82, 2.24) is 4.98 Å². The van der Waals surface area contributed by atoms with Crippen LogP contribution in [0.2, 0.25) is 0 Å². The van der Waals surface area contributed by atoms with Gasteiger partial charge in [0, 0.05) is 13.1 Å². The molecule has 0 aliphatic carbocycles. The fourth-order valence-corrected chi connectivity index (χ4v) is 2.32. The predicted octanol–water partition coefficient (Wildman–Crippen LogP) is 1.32. The molecule has 1 unspecified atom stereocenters. The van der Waals surface area contributed by atoms with Crippen LogP contribution in [0.1, 0.15) is 25.3 Å². The molecule has 4 heteroatoms. The van der Waals surface area contributed by atoms with Crippen molar-refractivity contribution in [3.8, 4) is 0 Å². The first-order valence-corrected chi connectivity index (χ1v) is 5.67. The quantitative estimate of drug-likeness (QED) is 0.751. The fraction of sp³-hybridized carbons (Fsp3) is 0.583. The molecule has 1 atom stereocenters. The van der Waals surface area contributed by atoms with Crippen molar-refractivity contribution in [2.45, 2.75) is 32.3 Å². The Bertz CT molecular complexity index is 390. The van der Waals surface area contributed by atoms with Gasteiger partial charge in [-0.1, -0.05) is 0 Å². The number of nitrogen functional groups attached to an aromatic ring is 1. The third-order valence-corrected chi connectivity index (χ3v) is 3.05. The van der Waals surface area contributed by atoms with Crippen molar-refractivity contribution in [2.24, 2.45) is 0 Å². The lowest BCUT2D eigenvalue weighted by molar-refractivity contribution is 0.0447. The van der Waals surface area contributed by atoms with E-state index in [1.165, 1.54) is 0 Å². The molecule has 3 N–H and O–H groups in total. The number of nitrogens with zero attached hydrogens (tertiary/aromatic N) is 2. The van der Waals surface area contributed by atoms with E-state index in [0.717, 1.165) is 30.8 Å². The van der Waals surface area contributed by atoms with E-state index < -0.39 is 5.60 Å². The van der Waals surface area contributed by atoms with Crippen LogP contribution in [0.3, 0.4) is 0 Å². The number of anilines is 2. The minimum Gasteiger partial charge on any atom is -0.397 e. The Morgan fingerprint density at radius 2 is 2.31 bits per heavy atom. The Morgan fingerprint density at radius 3 is 2.94 bits per heavy atom. The summed E-state index contributed by atoms with van der Waals surface area (Å²) in [6, 6.07) is 1.92. The second-order valence-corrected chi connectivity index (χ2v) is 4.93. The summed E-state index contributed by atoms with van der Waals surface area (Å²) in [7, 11) is 0.